The average Bonchev–Trinajstić information content (AvgIpc) is 2.61. The molecule has 0 aromatic heterocycles. The lowest BCUT2D eigenvalue weighted by molar-refractivity contribution is -0.120. The molecule has 0 bridgehead atoms. The number of carbonyl (C=O) groups is 1. The Balaban J connectivity index is 1.78. The maximum absolute atomic E-state index is 12.9. The minimum atomic E-state index is -0.696. The third-order valence-electron chi connectivity index (χ3n) is 4.84. The van der Waals surface area contributed by atoms with Crippen LogP contribution in [0.4, 0.5) is 5.69 Å². The van der Waals surface area contributed by atoms with E-state index in [1.54, 1.807) is 0 Å². The van der Waals surface area contributed by atoms with E-state index in [4.69, 9.17) is 9.47 Å². The Bertz CT molecular complexity index is 801. The topological polar surface area (TPSA) is 47.6 Å². The molecule has 1 amide bonds. The largest absolute Gasteiger partial charge is 0.486 e. The summed E-state index contributed by atoms with van der Waals surface area (Å²) in [5.41, 5.74) is 2.33. The summed E-state index contributed by atoms with van der Waals surface area (Å²) in [5.74, 6) is 1.37. The highest BCUT2D eigenvalue weighted by molar-refractivity contribution is 5.98. The SMILES string of the molecule is CC(C)(C)c1ccc(NC(=O)C(C)(C)c2ccc3c(c2)OCCO3)cc1. The summed E-state index contributed by atoms with van der Waals surface area (Å²) >= 11 is 0. The van der Waals surface area contributed by atoms with Gasteiger partial charge in [0.25, 0.3) is 0 Å². The first kappa shape index (κ1) is 18.3. The zero-order valence-corrected chi connectivity index (χ0v) is 16.2. The van der Waals surface area contributed by atoms with Crippen molar-refractivity contribution in [1.82, 2.24) is 0 Å². The van der Waals surface area contributed by atoms with Crippen molar-refractivity contribution in [2.24, 2.45) is 0 Å². The summed E-state index contributed by atoms with van der Waals surface area (Å²) < 4.78 is 11.2. The number of nitrogens with one attached hydrogen (secondary N) is 1. The fraction of sp³-hybridized carbons (Fsp3) is 0.409. The molecule has 1 aliphatic heterocycles. The van der Waals surface area contributed by atoms with Gasteiger partial charge in [-0.25, -0.2) is 0 Å². The van der Waals surface area contributed by atoms with Crippen LogP contribution in [0.3, 0.4) is 0 Å². The summed E-state index contributed by atoms with van der Waals surface area (Å²) in [6, 6.07) is 13.7. The molecule has 1 aliphatic rings. The Morgan fingerprint density at radius 3 is 2.04 bits per heavy atom. The average molecular weight is 353 g/mol. The van der Waals surface area contributed by atoms with Crippen LogP contribution in [-0.4, -0.2) is 19.1 Å². The van der Waals surface area contributed by atoms with Crippen molar-refractivity contribution in [2.45, 2.75) is 45.4 Å². The Morgan fingerprint density at radius 2 is 1.42 bits per heavy atom. The lowest BCUT2D eigenvalue weighted by atomic mass is 9.83. The van der Waals surface area contributed by atoms with Crippen molar-refractivity contribution in [3.05, 3.63) is 53.6 Å². The van der Waals surface area contributed by atoms with E-state index < -0.39 is 5.41 Å². The Morgan fingerprint density at radius 1 is 0.846 bits per heavy atom. The van der Waals surface area contributed by atoms with Crippen LogP contribution in [0.15, 0.2) is 42.5 Å². The third kappa shape index (κ3) is 3.69. The van der Waals surface area contributed by atoms with Crippen LogP contribution in [0, 0.1) is 0 Å². The van der Waals surface area contributed by atoms with Crippen molar-refractivity contribution >= 4 is 11.6 Å². The van der Waals surface area contributed by atoms with Gasteiger partial charge in [-0.2, -0.15) is 0 Å². The van der Waals surface area contributed by atoms with Gasteiger partial charge in [0.2, 0.25) is 5.91 Å². The van der Waals surface area contributed by atoms with Gasteiger partial charge in [0.05, 0.1) is 5.41 Å². The van der Waals surface area contributed by atoms with Crippen LogP contribution in [0.1, 0.15) is 45.7 Å². The fourth-order valence-corrected chi connectivity index (χ4v) is 2.90. The minimum Gasteiger partial charge on any atom is -0.486 e. The van der Waals surface area contributed by atoms with Gasteiger partial charge < -0.3 is 14.8 Å². The van der Waals surface area contributed by atoms with E-state index >= 15 is 0 Å². The molecule has 1 heterocycles. The molecule has 0 aliphatic carbocycles. The monoisotopic (exact) mass is 353 g/mol. The normalized spacial score (nSPS) is 14.0. The molecule has 0 fully saturated rings. The second kappa shape index (κ2) is 6.67. The molecule has 0 spiro atoms. The summed E-state index contributed by atoms with van der Waals surface area (Å²) in [7, 11) is 0. The molecule has 4 nitrogen and oxygen atoms in total. The highest BCUT2D eigenvalue weighted by Gasteiger charge is 2.31. The summed E-state index contributed by atoms with van der Waals surface area (Å²) in [6.45, 7) is 11.4. The van der Waals surface area contributed by atoms with Crippen LogP contribution in [-0.2, 0) is 15.6 Å². The highest BCUT2D eigenvalue weighted by Crippen LogP contribution is 2.35. The molecule has 2 aromatic rings. The summed E-state index contributed by atoms with van der Waals surface area (Å²) in [5, 5.41) is 3.03. The second-order valence-corrected chi connectivity index (χ2v) is 8.26. The van der Waals surface area contributed by atoms with Gasteiger partial charge in [0, 0.05) is 5.69 Å². The predicted molar refractivity (Wildman–Crippen MR) is 104 cm³/mol. The van der Waals surface area contributed by atoms with E-state index in [0.29, 0.717) is 19.0 Å². The molecule has 0 radical (unpaired) electrons. The van der Waals surface area contributed by atoms with Gasteiger partial charge in [-0.15, -0.1) is 0 Å². The minimum absolute atomic E-state index is 0.0577. The Labute approximate surface area is 155 Å². The Hall–Kier alpha value is -2.49. The smallest absolute Gasteiger partial charge is 0.234 e. The van der Waals surface area contributed by atoms with Crippen LogP contribution in [0.25, 0.3) is 0 Å². The standard InChI is InChI=1S/C22H27NO3/c1-21(2,3)15-6-9-17(10-7-15)23-20(24)22(4,5)16-8-11-18-19(14-16)26-13-12-25-18/h6-11,14H,12-13H2,1-5H3,(H,23,24). The van der Waals surface area contributed by atoms with Crippen molar-refractivity contribution in [1.29, 1.82) is 0 Å². The molecular formula is C22H27NO3. The zero-order chi connectivity index (χ0) is 18.9. The van der Waals surface area contributed by atoms with Gasteiger partial charge in [-0.1, -0.05) is 39.0 Å². The Kier molecular flexibility index (Phi) is 4.70. The first-order valence-corrected chi connectivity index (χ1v) is 9.00. The van der Waals surface area contributed by atoms with Crippen molar-refractivity contribution in [3.8, 4) is 11.5 Å². The van der Waals surface area contributed by atoms with E-state index in [1.807, 2.05) is 44.2 Å². The van der Waals surface area contributed by atoms with Crippen LogP contribution >= 0.6 is 0 Å². The van der Waals surface area contributed by atoms with Gasteiger partial charge >= 0.3 is 0 Å². The number of amides is 1. The maximum atomic E-state index is 12.9. The van der Waals surface area contributed by atoms with Gasteiger partial charge in [-0.05, 0) is 54.7 Å². The van der Waals surface area contributed by atoms with E-state index in [9.17, 15) is 4.79 Å². The molecule has 0 saturated heterocycles. The molecule has 0 unspecified atom stereocenters. The van der Waals surface area contributed by atoms with E-state index in [-0.39, 0.29) is 11.3 Å². The first-order chi connectivity index (χ1) is 12.2. The van der Waals surface area contributed by atoms with Crippen LogP contribution in [0.2, 0.25) is 0 Å². The number of benzene rings is 2. The molecule has 0 saturated carbocycles. The highest BCUT2D eigenvalue weighted by atomic mass is 16.6. The molecule has 26 heavy (non-hydrogen) atoms. The quantitative estimate of drug-likeness (QED) is 0.872. The molecule has 2 aromatic carbocycles. The van der Waals surface area contributed by atoms with E-state index in [1.165, 1.54) is 5.56 Å². The van der Waals surface area contributed by atoms with Gasteiger partial charge in [-0.3, -0.25) is 4.79 Å². The zero-order valence-electron chi connectivity index (χ0n) is 16.2. The van der Waals surface area contributed by atoms with Crippen molar-refractivity contribution in [2.75, 3.05) is 18.5 Å². The number of ether oxygens (including phenoxy) is 2. The molecule has 0 atom stereocenters. The lowest BCUT2D eigenvalue weighted by Gasteiger charge is -2.27. The number of rotatable bonds is 3. The molecule has 1 N–H and O–H groups in total. The lowest BCUT2D eigenvalue weighted by Crippen LogP contribution is -2.35. The van der Waals surface area contributed by atoms with Crippen molar-refractivity contribution < 1.29 is 14.3 Å². The summed E-state index contributed by atoms with van der Waals surface area (Å²) in [4.78, 5) is 12.9. The summed E-state index contributed by atoms with van der Waals surface area (Å²) in [6.07, 6.45) is 0. The predicted octanol–water partition coefficient (Wildman–Crippen LogP) is 4.67. The molecule has 138 valence electrons. The van der Waals surface area contributed by atoms with E-state index in [0.717, 1.165) is 17.0 Å². The number of hydrogen-bond donors (Lipinski definition) is 1. The van der Waals surface area contributed by atoms with Crippen molar-refractivity contribution in [3.63, 3.8) is 0 Å². The first-order valence-electron chi connectivity index (χ1n) is 9.00. The number of hydrogen-bond acceptors (Lipinski definition) is 3. The maximum Gasteiger partial charge on any atom is 0.234 e. The number of anilines is 1. The molecule has 4 heteroatoms. The number of fused-ring (bicyclic) bond motifs is 1. The van der Waals surface area contributed by atoms with Crippen LogP contribution < -0.4 is 14.8 Å². The second-order valence-electron chi connectivity index (χ2n) is 8.26. The van der Waals surface area contributed by atoms with E-state index in [2.05, 4.69) is 38.2 Å². The van der Waals surface area contributed by atoms with Gasteiger partial charge in [0.1, 0.15) is 13.2 Å². The fourth-order valence-electron chi connectivity index (χ4n) is 2.90. The molecular weight excluding hydrogens is 326 g/mol. The van der Waals surface area contributed by atoms with Gasteiger partial charge in [0.15, 0.2) is 11.5 Å². The third-order valence-corrected chi connectivity index (χ3v) is 4.84. The molecule has 3 rings (SSSR count). The number of carbonyl (C=O) groups excluding carboxylic acids is 1. The van der Waals surface area contributed by atoms with Crippen LogP contribution in [0.5, 0.6) is 11.5 Å².